The van der Waals surface area contributed by atoms with E-state index in [2.05, 4.69) is 39.8 Å². The average Bonchev–Trinajstić information content (AvgIpc) is 3.59. The van der Waals surface area contributed by atoms with Crippen molar-refractivity contribution in [1.82, 2.24) is 9.47 Å². The number of aliphatic hydroxyl groups is 1. The van der Waals surface area contributed by atoms with Crippen LogP contribution >= 0.6 is 0 Å². The zero-order valence-corrected chi connectivity index (χ0v) is 22.2. The van der Waals surface area contributed by atoms with E-state index < -0.39 is 11.0 Å². The lowest BCUT2D eigenvalue weighted by Crippen LogP contribution is -2.74. The van der Waals surface area contributed by atoms with Crippen LogP contribution in [-0.2, 0) is 24.8 Å². The summed E-state index contributed by atoms with van der Waals surface area (Å²) in [7, 11) is 0. The van der Waals surface area contributed by atoms with Gasteiger partial charge < -0.3 is 25.3 Å². The van der Waals surface area contributed by atoms with Gasteiger partial charge in [0.1, 0.15) is 0 Å². The fourth-order valence-corrected chi connectivity index (χ4v) is 8.81. The Kier molecular flexibility index (Phi) is 5.06. The van der Waals surface area contributed by atoms with E-state index in [1.165, 1.54) is 40.6 Å². The molecule has 8 rings (SSSR count). The van der Waals surface area contributed by atoms with E-state index in [-0.39, 0.29) is 17.9 Å². The van der Waals surface area contributed by atoms with Gasteiger partial charge in [-0.25, -0.2) is 0 Å². The van der Waals surface area contributed by atoms with E-state index in [0.29, 0.717) is 12.2 Å². The monoisotopic (exact) mass is 513 g/mol. The van der Waals surface area contributed by atoms with Crippen molar-refractivity contribution in [2.45, 2.75) is 87.5 Å². The Hall–Kier alpha value is -2.54. The van der Waals surface area contributed by atoms with Gasteiger partial charge in [0.05, 0.1) is 16.7 Å². The lowest BCUT2D eigenvalue weighted by Gasteiger charge is -2.63. The van der Waals surface area contributed by atoms with E-state index >= 15 is 0 Å². The lowest BCUT2D eigenvalue weighted by molar-refractivity contribution is -0.173. The number of hydrogen-bond acceptors (Lipinski definition) is 5. The molecule has 5 aliphatic rings. The molecule has 2 aromatic carbocycles. The first-order valence-corrected chi connectivity index (χ1v) is 14.9. The Morgan fingerprint density at radius 3 is 2.74 bits per heavy atom. The number of aromatic nitrogens is 1. The molecule has 38 heavy (non-hydrogen) atoms. The molecule has 6 heteroatoms. The Bertz CT molecular complexity index is 1430. The molecule has 3 aliphatic carbocycles. The summed E-state index contributed by atoms with van der Waals surface area (Å²) in [6, 6.07) is 12.7. The van der Waals surface area contributed by atoms with Gasteiger partial charge in [-0.05, 0) is 80.8 Å². The van der Waals surface area contributed by atoms with Crippen LogP contribution in [0, 0.1) is 5.92 Å². The van der Waals surface area contributed by atoms with Crippen LogP contribution in [0.2, 0.25) is 0 Å². The minimum Gasteiger partial charge on any atom is -0.504 e. The number of benzene rings is 2. The van der Waals surface area contributed by atoms with Gasteiger partial charge in [-0.2, -0.15) is 0 Å². The molecule has 3 heterocycles. The molecule has 1 saturated heterocycles. The predicted molar refractivity (Wildman–Crippen MR) is 148 cm³/mol. The summed E-state index contributed by atoms with van der Waals surface area (Å²) in [6.07, 6.45) is 9.14. The van der Waals surface area contributed by atoms with Crippen molar-refractivity contribution in [2.24, 2.45) is 11.7 Å². The van der Waals surface area contributed by atoms with E-state index in [1.54, 1.807) is 6.07 Å². The zero-order chi connectivity index (χ0) is 25.6. The maximum Gasteiger partial charge on any atom is 0.166 e. The van der Waals surface area contributed by atoms with Gasteiger partial charge in [-0.3, -0.25) is 4.90 Å². The first kappa shape index (κ1) is 23.4. The quantitative estimate of drug-likeness (QED) is 0.385. The van der Waals surface area contributed by atoms with Crippen LogP contribution in [-0.4, -0.2) is 51.0 Å². The minimum atomic E-state index is -0.931. The van der Waals surface area contributed by atoms with Crippen molar-refractivity contribution in [3.05, 3.63) is 58.8 Å². The molecule has 200 valence electrons. The Morgan fingerprint density at radius 2 is 1.89 bits per heavy atom. The summed E-state index contributed by atoms with van der Waals surface area (Å²) < 4.78 is 9.37. The topological polar surface area (TPSA) is 83.9 Å². The number of nitrogens with zero attached hydrogens (tertiary/aromatic N) is 2. The van der Waals surface area contributed by atoms with E-state index in [1.807, 2.05) is 0 Å². The van der Waals surface area contributed by atoms with Crippen LogP contribution in [0.5, 0.6) is 11.5 Å². The third kappa shape index (κ3) is 2.94. The maximum absolute atomic E-state index is 13.1. The number of aryl methyl sites for hydroxylation is 1. The Balaban J connectivity index is 1.32. The fourth-order valence-electron chi connectivity index (χ4n) is 8.81. The van der Waals surface area contributed by atoms with Crippen molar-refractivity contribution >= 4 is 10.9 Å². The predicted octanol–water partition coefficient (Wildman–Crippen LogP) is 4.57. The molecule has 2 bridgehead atoms. The molecular formula is C32H39N3O3. The molecule has 3 aromatic rings. The van der Waals surface area contributed by atoms with Crippen LogP contribution in [0.3, 0.4) is 0 Å². The second kappa shape index (κ2) is 8.23. The number of likely N-dealkylation sites (tertiary alicyclic amines) is 1. The molecule has 0 amide bonds. The number of ether oxygens (including phenoxy) is 1. The van der Waals surface area contributed by atoms with Crippen molar-refractivity contribution in [3.8, 4) is 11.5 Å². The fraction of sp³-hybridized carbons (Fsp3) is 0.562. The summed E-state index contributed by atoms with van der Waals surface area (Å²) in [6.45, 7) is 3.75. The van der Waals surface area contributed by atoms with Crippen LogP contribution in [0.1, 0.15) is 73.4 Å². The van der Waals surface area contributed by atoms with Crippen molar-refractivity contribution in [1.29, 1.82) is 0 Å². The summed E-state index contributed by atoms with van der Waals surface area (Å²) in [5.74, 6) is 1.60. The molecule has 1 aromatic heterocycles. The van der Waals surface area contributed by atoms with Gasteiger partial charge in [-0.1, -0.05) is 37.1 Å². The normalized spacial score (nSPS) is 30.8. The molecule has 4 N–H and O–H groups in total. The standard InChI is InChI=1S/C32H39N3O3/c33-14-5-1-2-6-15-35-24-8-4-3-7-22(24)23-18-32(37)26-17-21-11-12-25(36)29-27(21)31(32,30(38-29)28(23)35)13-16-34(26)19-20-9-10-20/h3-4,7-8,11-12,20,26,30,36-37H,1-2,5-6,9-10,13-19,33H2/t26-,30-,31-,32+/m0/s1. The number of rotatable bonds is 8. The highest BCUT2D eigenvalue weighted by Gasteiger charge is 2.73. The molecule has 6 nitrogen and oxygen atoms in total. The largest absolute Gasteiger partial charge is 0.504 e. The number of unbranched alkanes of at least 4 members (excludes halogenated alkanes) is 3. The number of nitrogens with two attached hydrogens (primary N) is 1. The van der Waals surface area contributed by atoms with Gasteiger partial charge in [0.2, 0.25) is 0 Å². The SMILES string of the molecule is NCCCCCCn1c2c(c3ccccc31)C[C@@]1(O)[C@@H]3Cc4ccc(O)c5c4[C@@]1(CCN3CC1CC1)[C@H]2O5. The highest BCUT2D eigenvalue weighted by molar-refractivity contribution is 5.87. The number of phenols is 1. The third-order valence-electron chi connectivity index (χ3n) is 10.7. The molecule has 0 unspecified atom stereocenters. The Morgan fingerprint density at radius 1 is 1.05 bits per heavy atom. The van der Waals surface area contributed by atoms with Gasteiger partial charge >= 0.3 is 0 Å². The van der Waals surface area contributed by atoms with Crippen molar-refractivity contribution in [3.63, 3.8) is 0 Å². The Labute approximate surface area is 224 Å². The van der Waals surface area contributed by atoms with Crippen molar-refractivity contribution in [2.75, 3.05) is 19.6 Å². The van der Waals surface area contributed by atoms with Gasteiger partial charge in [0.25, 0.3) is 0 Å². The lowest BCUT2D eigenvalue weighted by atomic mass is 9.49. The summed E-state index contributed by atoms with van der Waals surface area (Å²) >= 11 is 0. The molecular weight excluding hydrogens is 474 g/mol. The summed E-state index contributed by atoms with van der Waals surface area (Å²) in [5.41, 5.74) is 10.3. The minimum absolute atomic E-state index is 0.0671. The van der Waals surface area contributed by atoms with E-state index in [4.69, 9.17) is 10.5 Å². The molecule has 0 radical (unpaired) electrons. The smallest absolute Gasteiger partial charge is 0.166 e. The van der Waals surface area contributed by atoms with Crippen LogP contribution in [0.4, 0.5) is 0 Å². The highest BCUT2D eigenvalue weighted by atomic mass is 16.5. The van der Waals surface area contributed by atoms with Crippen molar-refractivity contribution < 1.29 is 14.9 Å². The van der Waals surface area contributed by atoms with E-state index in [0.717, 1.165) is 76.2 Å². The number of aromatic hydroxyl groups is 1. The number of piperidine rings is 1. The van der Waals surface area contributed by atoms with Crippen LogP contribution in [0.25, 0.3) is 10.9 Å². The first-order chi connectivity index (χ1) is 18.6. The molecule has 2 aliphatic heterocycles. The van der Waals surface area contributed by atoms with Crippen LogP contribution < -0.4 is 10.5 Å². The number of phenolic OH excluding ortho intramolecular Hbond substituents is 1. The number of para-hydroxylation sites is 1. The molecule has 2 fully saturated rings. The van der Waals surface area contributed by atoms with Gasteiger partial charge in [-0.15, -0.1) is 0 Å². The second-order valence-electron chi connectivity index (χ2n) is 12.7. The third-order valence-corrected chi connectivity index (χ3v) is 10.7. The van der Waals surface area contributed by atoms with Crippen LogP contribution in [0.15, 0.2) is 36.4 Å². The molecule has 4 atom stereocenters. The first-order valence-electron chi connectivity index (χ1n) is 14.9. The number of hydrogen-bond donors (Lipinski definition) is 3. The molecule has 1 saturated carbocycles. The highest BCUT2D eigenvalue weighted by Crippen LogP contribution is 2.69. The number of fused-ring (bicyclic) bond motifs is 4. The van der Waals surface area contributed by atoms with Gasteiger partial charge in [0, 0.05) is 42.0 Å². The van der Waals surface area contributed by atoms with Gasteiger partial charge in [0.15, 0.2) is 17.6 Å². The van der Waals surface area contributed by atoms with E-state index in [9.17, 15) is 10.2 Å². The summed E-state index contributed by atoms with van der Waals surface area (Å²) in [5, 5.41) is 25.3. The average molecular weight is 514 g/mol. The second-order valence-corrected chi connectivity index (χ2v) is 12.7. The summed E-state index contributed by atoms with van der Waals surface area (Å²) in [4.78, 5) is 2.61. The zero-order valence-electron chi connectivity index (χ0n) is 22.2. The maximum atomic E-state index is 13.1. The molecule has 1 spiro atoms.